The van der Waals surface area contributed by atoms with Crippen LogP contribution < -0.4 is 10.0 Å². The Morgan fingerprint density at radius 3 is 2.06 bits per heavy atom. The molecule has 0 saturated carbocycles. The Balaban J connectivity index is 1.79. The van der Waals surface area contributed by atoms with Crippen molar-refractivity contribution in [3.8, 4) is 0 Å². The van der Waals surface area contributed by atoms with Crippen molar-refractivity contribution in [3.63, 3.8) is 0 Å². The number of amides is 1. The third kappa shape index (κ3) is 5.62. The van der Waals surface area contributed by atoms with E-state index in [4.69, 9.17) is 0 Å². The van der Waals surface area contributed by atoms with Gasteiger partial charge in [-0.25, -0.2) is 8.42 Å². The molecule has 0 atom stereocenters. The summed E-state index contributed by atoms with van der Waals surface area (Å²) in [7, 11) is -3.39. The van der Waals surface area contributed by atoms with Gasteiger partial charge in [-0.3, -0.25) is 14.3 Å². The van der Waals surface area contributed by atoms with Gasteiger partial charge in [-0.05, 0) is 67.8 Å². The molecule has 0 fully saturated rings. The first-order valence-corrected chi connectivity index (χ1v) is 12.0. The smallest absolute Gasteiger partial charge is 0.256 e. The monoisotopic (exact) mass is 450 g/mol. The molecule has 0 aliphatic rings. The molecule has 0 bridgehead atoms. The lowest BCUT2D eigenvalue weighted by Gasteiger charge is -2.12. The number of sulfonamides is 1. The highest BCUT2D eigenvalue weighted by Gasteiger charge is 2.18. The summed E-state index contributed by atoms with van der Waals surface area (Å²) in [6.07, 6.45) is 0.518. The molecule has 0 spiro atoms. The van der Waals surface area contributed by atoms with Crippen molar-refractivity contribution in [3.05, 3.63) is 94.5 Å². The number of carbonyl (C=O) groups is 2. The van der Waals surface area contributed by atoms with Gasteiger partial charge in [0, 0.05) is 22.5 Å². The molecule has 0 aliphatic heterocycles. The van der Waals surface area contributed by atoms with Gasteiger partial charge in [-0.15, -0.1) is 0 Å². The molecule has 0 aromatic heterocycles. The van der Waals surface area contributed by atoms with Crippen LogP contribution in [0.2, 0.25) is 0 Å². The Morgan fingerprint density at radius 1 is 0.812 bits per heavy atom. The molecular weight excluding hydrogens is 424 g/mol. The summed E-state index contributed by atoms with van der Waals surface area (Å²) in [5, 5.41) is 2.77. The second kappa shape index (κ2) is 9.78. The number of nitrogens with one attached hydrogen (secondary N) is 2. The first kappa shape index (κ1) is 23.2. The van der Waals surface area contributed by atoms with Crippen molar-refractivity contribution < 1.29 is 18.0 Å². The lowest BCUT2D eigenvalue weighted by molar-refractivity contribution is 0.0996. The van der Waals surface area contributed by atoms with Crippen LogP contribution >= 0.6 is 0 Å². The number of benzene rings is 3. The fourth-order valence-corrected chi connectivity index (χ4v) is 4.37. The van der Waals surface area contributed by atoms with E-state index in [-0.39, 0.29) is 17.1 Å². The van der Waals surface area contributed by atoms with Gasteiger partial charge in [0.15, 0.2) is 5.78 Å². The molecule has 3 rings (SSSR count). The predicted molar refractivity (Wildman–Crippen MR) is 128 cm³/mol. The van der Waals surface area contributed by atoms with Gasteiger partial charge in [0.2, 0.25) is 10.0 Å². The van der Waals surface area contributed by atoms with Crippen LogP contribution in [0.3, 0.4) is 0 Å². The summed E-state index contributed by atoms with van der Waals surface area (Å²) in [4.78, 5) is 26.0. The van der Waals surface area contributed by atoms with Crippen molar-refractivity contribution in [1.29, 1.82) is 0 Å². The molecule has 2 N–H and O–H groups in total. The molecule has 0 unspecified atom stereocenters. The second-order valence-electron chi connectivity index (χ2n) is 7.63. The van der Waals surface area contributed by atoms with Crippen LogP contribution in [0.15, 0.2) is 66.7 Å². The van der Waals surface area contributed by atoms with E-state index in [0.29, 0.717) is 28.9 Å². The molecule has 3 aromatic rings. The number of hydrogen-bond acceptors (Lipinski definition) is 4. The van der Waals surface area contributed by atoms with E-state index in [9.17, 15) is 18.0 Å². The van der Waals surface area contributed by atoms with Crippen LogP contribution in [0.4, 0.5) is 11.4 Å². The lowest BCUT2D eigenvalue weighted by atomic mass is 9.95. The zero-order chi connectivity index (χ0) is 23.3. The number of rotatable bonds is 8. The van der Waals surface area contributed by atoms with Crippen LogP contribution in [0, 0.1) is 13.8 Å². The molecule has 0 saturated heterocycles. The van der Waals surface area contributed by atoms with Crippen molar-refractivity contribution >= 4 is 33.1 Å². The molecule has 3 aromatic carbocycles. The molecule has 0 heterocycles. The summed E-state index contributed by atoms with van der Waals surface area (Å²) in [6, 6.07) is 18.5. The van der Waals surface area contributed by atoms with E-state index < -0.39 is 15.9 Å². The van der Waals surface area contributed by atoms with Crippen molar-refractivity contribution in [2.75, 3.05) is 15.8 Å². The first-order chi connectivity index (χ1) is 15.2. The Morgan fingerprint density at radius 2 is 1.44 bits per heavy atom. The Labute approximate surface area is 188 Å². The second-order valence-corrected chi connectivity index (χ2v) is 9.47. The normalized spacial score (nSPS) is 11.1. The van der Waals surface area contributed by atoms with Crippen LogP contribution in [0.25, 0.3) is 0 Å². The average molecular weight is 451 g/mol. The summed E-state index contributed by atoms with van der Waals surface area (Å²) < 4.78 is 26.3. The SMILES string of the molecule is CCCS(=O)(=O)Nc1ccc(NC(=O)c2ccccc2C(=O)c2ccc(C)c(C)c2)cc1. The molecule has 0 radical (unpaired) electrons. The largest absolute Gasteiger partial charge is 0.322 e. The quantitative estimate of drug-likeness (QED) is 0.476. The minimum absolute atomic E-state index is 0.0385. The number of hydrogen-bond donors (Lipinski definition) is 2. The topological polar surface area (TPSA) is 92.3 Å². The maximum Gasteiger partial charge on any atom is 0.256 e. The molecular formula is C25H26N2O4S. The zero-order valence-corrected chi connectivity index (χ0v) is 19.1. The summed E-state index contributed by atoms with van der Waals surface area (Å²) in [5.74, 6) is -0.604. The van der Waals surface area contributed by atoms with Crippen LogP contribution in [-0.4, -0.2) is 25.9 Å². The van der Waals surface area contributed by atoms with Crippen molar-refractivity contribution in [2.45, 2.75) is 27.2 Å². The van der Waals surface area contributed by atoms with Gasteiger partial charge >= 0.3 is 0 Å². The van der Waals surface area contributed by atoms with E-state index in [1.54, 1.807) is 61.5 Å². The van der Waals surface area contributed by atoms with E-state index >= 15 is 0 Å². The van der Waals surface area contributed by atoms with Crippen LogP contribution in [0.1, 0.15) is 50.8 Å². The van der Waals surface area contributed by atoms with Gasteiger partial charge in [0.25, 0.3) is 5.91 Å². The lowest BCUT2D eigenvalue weighted by Crippen LogP contribution is -2.17. The highest BCUT2D eigenvalue weighted by molar-refractivity contribution is 7.92. The first-order valence-electron chi connectivity index (χ1n) is 10.3. The molecule has 0 aliphatic carbocycles. The number of aryl methyl sites for hydroxylation is 2. The summed E-state index contributed by atoms with van der Waals surface area (Å²) >= 11 is 0. The summed E-state index contributed by atoms with van der Waals surface area (Å²) in [6.45, 7) is 5.71. The fourth-order valence-electron chi connectivity index (χ4n) is 3.24. The Bertz CT molecular complexity index is 1250. The molecule has 32 heavy (non-hydrogen) atoms. The molecule has 7 heteroatoms. The highest BCUT2D eigenvalue weighted by atomic mass is 32.2. The van der Waals surface area contributed by atoms with E-state index in [2.05, 4.69) is 10.0 Å². The fraction of sp³-hybridized carbons (Fsp3) is 0.200. The predicted octanol–water partition coefficient (Wildman–Crippen LogP) is 4.94. The number of carbonyl (C=O) groups excluding carboxylic acids is 2. The van der Waals surface area contributed by atoms with Gasteiger partial charge < -0.3 is 5.32 Å². The van der Waals surface area contributed by atoms with Crippen LogP contribution in [0.5, 0.6) is 0 Å². The van der Waals surface area contributed by atoms with E-state index in [1.807, 2.05) is 26.0 Å². The standard InChI is InChI=1S/C25H26N2O4S/c1-4-15-32(30,31)27-21-13-11-20(12-14-21)26-25(29)23-8-6-5-7-22(23)24(28)19-10-9-17(2)18(3)16-19/h5-14,16,27H,4,15H2,1-3H3,(H,26,29). The van der Waals surface area contributed by atoms with Crippen molar-refractivity contribution in [1.82, 2.24) is 0 Å². The van der Waals surface area contributed by atoms with E-state index in [1.165, 1.54) is 0 Å². The minimum atomic E-state index is -3.39. The maximum absolute atomic E-state index is 13.1. The highest BCUT2D eigenvalue weighted by Crippen LogP contribution is 2.20. The maximum atomic E-state index is 13.1. The average Bonchev–Trinajstić information content (AvgIpc) is 2.76. The molecule has 166 valence electrons. The van der Waals surface area contributed by atoms with E-state index in [0.717, 1.165) is 11.1 Å². The zero-order valence-electron chi connectivity index (χ0n) is 18.3. The third-order valence-electron chi connectivity index (χ3n) is 5.07. The Kier molecular flexibility index (Phi) is 7.10. The van der Waals surface area contributed by atoms with Gasteiger partial charge in [0.1, 0.15) is 0 Å². The molecule has 6 nitrogen and oxygen atoms in total. The van der Waals surface area contributed by atoms with Crippen molar-refractivity contribution in [2.24, 2.45) is 0 Å². The van der Waals surface area contributed by atoms with Crippen LogP contribution in [-0.2, 0) is 10.0 Å². The molecule has 1 amide bonds. The van der Waals surface area contributed by atoms with Gasteiger partial charge in [-0.1, -0.05) is 37.3 Å². The number of anilines is 2. The minimum Gasteiger partial charge on any atom is -0.322 e. The summed E-state index contributed by atoms with van der Waals surface area (Å²) in [5.41, 5.74) is 4.11. The third-order valence-corrected chi connectivity index (χ3v) is 6.57. The number of ketones is 1. The van der Waals surface area contributed by atoms with Gasteiger partial charge in [-0.2, -0.15) is 0 Å². The Hall–Kier alpha value is -3.45. The van der Waals surface area contributed by atoms with Gasteiger partial charge in [0.05, 0.1) is 11.3 Å².